The average Bonchev–Trinajstić information content (AvgIpc) is 3.22. The van der Waals surface area contributed by atoms with Crippen molar-refractivity contribution in [2.45, 2.75) is 57.2 Å². The maximum atomic E-state index is 11.2. The molecule has 5 atom stereocenters. The third-order valence-electron chi connectivity index (χ3n) is 4.70. The first kappa shape index (κ1) is 20.3. The normalized spacial score (nSPS) is 30.0. The van der Waals surface area contributed by atoms with Gasteiger partial charge in [0.05, 0.1) is 18.1 Å². The van der Waals surface area contributed by atoms with Gasteiger partial charge in [-0.15, -0.1) is 0 Å². The number of rotatable bonds is 5. The van der Waals surface area contributed by atoms with E-state index >= 15 is 0 Å². The molecular formula is C15H22N6O7S. The second-order valence-corrected chi connectivity index (χ2v) is 8.59. The van der Waals surface area contributed by atoms with E-state index in [1.807, 2.05) is 0 Å². The van der Waals surface area contributed by atoms with Crippen LogP contribution in [0.15, 0.2) is 6.33 Å². The third kappa shape index (κ3) is 3.68. The Morgan fingerprint density at radius 1 is 1.34 bits per heavy atom. The highest BCUT2D eigenvalue weighted by atomic mass is 32.2. The standard InChI is InChI=1S/C15H22N6O7S/c1-6(22)9-8-12(16)18-5-19-13(8)21(20-9)14-11-10(27-15(2,3)28-11)7(26-14)4-25-29(17,23)24/h5-7,10-11,14,22H,4H2,1-3H3,(H2,16,18,19)(H2,17,23,24)/t6-,7-,10-,11-,14-/m1/s1. The van der Waals surface area contributed by atoms with Crippen molar-refractivity contribution in [2.24, 2.45) is 5.14 Å². The third-order valence-corrected chi connectivity index (χ3v) is 5.17. The number of ether oxygens (including phenoxy) is 3. The average molecular weight is 430 g/mol. The number of nitrogen functional groups attached to an aromatic ring is 1. The molecule has 0 radical (unpaired) electrons. The van der Waals surface area contributed by atoms with Crippen molar-refractivity contribution in [3.63, 3.8) is 0 Å². The Labute approximate surface area is 166 Å². The van der Waals surface area contributed by atoms with Crippen LogP contribution in [0, 0.1) is 0 Å². The smallest absolute Gasteiger partial charge is 0.333 e. The summed E-state index contributed by atoms with van der Waals surface area (Å²) in [5.74, 6) is -0.786. The van der Waals surface area contributed by atoms with E-state index in [-0.39, 0.29) is 18.1 Å². The van der Waals surface area contributed by atoms with E-state index < -0.39 is 46.7 Å². The highest BCUT2D eigenvalue weighted by molar-refractivity contribution is 7.84. The summed E-state index contributed by atoms with van der Waals surface area (Å²) in [6.45, 7) is 4.62. The molecule has 2 fully saturated rings. The number of hydrogen-bond donors (Lipinski definition) is 3. The Kier molecular flexibility index (Phi) is 4.77. The first-order valence-electron chi connectivity index (χ1n) is 8.82. The van der Waals surface area contributed by atoms with Crippen LogP contribution in [0.25, 0.3) is 11.0 Å². The van der Waals surface area contributed by atoms with Crippen LogP contribution in [0.5, 0.6) is 0 Å². The number of nitrogens with two attached hydrogens (primary N) is 2. The summed E-state index contributed by atoms with van der Waals surface area (Å²) in [6, 6.07) is 0. The molecule has 13 nitrogen and oxygen atoms in total. The lowest BCUT2D eigenvalue weighted by atomic mass is 10.1. The summed E-state index contributed by atoms with van der Waals surface area (Å²) >= 11 is 0. The molecule has 2 aliphatic rings. The summed E-state index contributed by atoms with van der Waals surface area (Å²) in [5, 5.41) is 19.9. The Morgan fingerprint density at radius 2 is 2.03 bits per heavy atom. The highest BCUT2D eigenvalue weighted by Crippen LogP contribution is 2.44. The summed E-state index contributed by atoms with van der Waals surface area (Å²) in [6.07, 6.45) is -2.63. The van der Waals surface area contributed by atoms with Gasteiger partial charge in [-0.2, -0.15) is 13.5 Å². The molecule has 2 saturated heterocycles. The van der Waals surface area contributed by atoms with Gasteiger partial charge in [0.1, 0.15) is 36.2 Å². The van der Waals surface area contributed by atoms with Crippen LogP contribution in [-0.4, -0.2) is 64.0 Å². The van der Waals surface area contributed by atoms with Crippen LogP contribution in [0.2, 0.25) is 0 Å². The number of aliphatic hydroxyl groups is 1. The molecule has 0 spiro atoms. The van der Waals surface area contributed by atoms with Gasteiger partial charge in [0.25, 0.3) is 0 Å². The topological polar surface area (TPSA) is 187 Å². The van der Waals surface area contributed by atoms with Crippen molar-refractivity contribution in [1.82, 2.24) is 19.7 Å². The monoisotopic (exact) mass is 430 g/mol. The van der Waals surface area contributed by atoms with Crippen LogP contribution >= 0.6 is 0 Å². The van der Waals surface area contributed by atoms with Crippen molar-refractivity contribution >= 4 is 27.2 Å². The van der Waals surface area contributed by atoms with Crippen LogP contribution in [0.4, 0.5) is 5.82 Å². The number of hydrogen-bond acceptors (Lipinski definition) is 11. The summed E-state index contributed by atoms with van der Waals surface area (Å²) < 4.78 is 46.3. The number of anilines is 1. The lowest BCUT2D eigenvalue weighted by molar-refractivity contribution is -0.200. The van der Waals surface area contributed by atoms with Crippen molar-refractivity contribution in [2.75, 3.05) is 12.3 Å². The molecule has 2 aliphatic heterocycles. The van der Waals surface area contributed by atoms with Gasteiger partial charge in [0.15, 0.2) is 17.7 Å². The molecule has 160 valence electrons. The molecule has 2 aromatic heterocycles. The molecule has 4 rings (SSSR count). The highest BCUT2D eigenvalue weighted by Gasteiger charge is 2.57. The Balaban J connectivity index is 1.76. The van der Waals surface area contributed by atoms with Crippen LogP contribution in [-0.2, 0) is 28.7 Å². The van der Waals surface area contributed by atoms with Crippen molar-refractivity contribution in [3.8, 4) is 0 Å². The number of aromatic nitrogens is 4. The minimum atomic E-state index is -4.17. The second-order valence-electron chi connectivity index (χ2n) is 7.37. The van der Waals surface area contributed by atoms with Gasteiger partial charge in [-0.25, -0.2) is 19.8 Å². The molecule has 0 saturated carbocycles. The Bertz CT molecular complexity index is 1040. The molecule has 4 heterocycles. The zero-order valence-corrected chi connectivity index (χ0v) is 16.7. The van der Waals surface area contributed by atoms with Gasteiger partial charge in [0, 0.05) is 0 Å². The van der Waals surface area contributed by atoms with Crippen LogP contribution in [0.3, 0.4) is 0 Å². The van der Waals surface area contributed by atoms with E-state index in [4.69, 9.17) is 29.3 Å². The maximum absolute atomic E-state index is 11.2. The van der Waals surface area contributed by atoms with E-state index in [0.29, 0.717) is 11.0 Å². The molecular weight excluding hydrogens is 408 g/mol. The van der Waals surface area contributed by atoms with Crippen molar-refractivity contribution in [3.05, 3.63) is 12.0 Å². The Hall–Kier alpha value is -1.94. The van der Waals surface area contributed by atoms with E-state index in [1.54, 1.807) is 13.8 Å². The predicted molar refractivity (Wildman–Crippen MR) is 97.2 cm³/mol. The quantitative estimate of drug-likeness (QED) is 0.533. The molecule has 0 amide bonds. The summed E-state index contributed by atoms with van der Waals surface area (Å²) in [7, 11) is -4.17. The van der Waals surface area contributed by atoms with Gasteiger partial charge in [-0.05, 0) is 20.8 Å². The van der Waals surface area contributed by atoms with Crippen molar-refractivity contribution in [1.29, 1.82) is 0 Å². The minimum Gasteiger partial charge on any atom is -0.387 e. The molecule has 29 heavy (non-hydrogen) atoms. The first-order chi connectivity index (χ1) is 13.5. The fraction of sp³-hybridized carbons (Fsp3) is 0.667. The minimum absolute atomic E-state index is 0.157. The molecule has 0 unspecified atom stereocenters. The number of aliphatic hydroxyl groups excluding tert-OH is 1. The van der Waals surface area contributed by atoms with E-state index in [2.05, 4.69) is 15.1 Å². The number of nitrogens with zero attached hydrogens (tertiary/aromatic N) is 4. The lowest BCUT2D eigenvalue weighted by Gasteiger charge is -2.24. The molecule has 14 heteroatoms. The van der Waals surface area contributed by atoms with Gasteiger partial charge in [0.2, 0.25) is 0 Å². The van der Waals surface area contributed by atoms with E-state index in [9.17, 15) is 13.5 Å². The zero-order chi connectivity index (χ0) is 21.1. The lowest BCUT2D eigenvalue weighted by Crippen LogP contribution is -2.34. The van der Waals surface area contributed by atoms with Crippen molar-refractivity contribution < 1.29 is 31.9 Å². The van der Waals surface area contributed by atoms with Gasteiger partial charge in [-0.3, -0.25) is 4.18 Å². The SMILES string of the molecule is C[C@@H](O)c1nn([C@@H]2O[C@H](COS(N)(=O)=O)[C@H]3OC(C)(C)O[C@H]32)c2ncnc(N)c12. The molecule has 0 bridgehead atoms. The largest absolute Gasteiger partial charge is 0.387 e. The second kappa shape index (κ2) is 6.80. The van der Waals surface area contributed by atoms with Gasteiger partial charge < -0.3 is 25.1 Å². The fourth-order valence-electron chi connectivity index (χ4n) is 3.64. The zero-order valence-electron chi connectivity index (χ0n) is 15.9. The predicted octanol–water partition coefficient (Wildman–Crippen LogP) is -0.901. The molecule has 0 aromatic carbocycles. The van der Waals surface area contributed by atoms with E-state index in [1.165, 1.54) is 17.9 Å². The fourth-order valence-corrected chi connectivity index (χ4v) is 3.97. The first-order valence-corrected chi connectivity index (χ1v) is 10.3. The van der Waals surface area contributed by atoms with Crippen LogP contribution in [0.1, 0.15) is 38.8 Å². The van der Waals surface area contributed by atoms with Gasteiger partial charge >= 0.3 is 10.3 Å². The van der Waals surface area contributed by atoms with Crippen LogP contribution < -0.4 is 10.9 Å². The summed E-state index contributed by atoms with van der Waals surface area (Å²) in [5.41, 5.74) is 6.58. The van der Waals surface area contributed by atoms with Gasteiger partial charge in [-0.1, -0.05) is 0 Å². The summed E-state index contributed by atoms with van der Waals surface area (Å²) in [4.78, 5) is 8.18. The molecule has 0 aliphatic carbocycles. The molecule has 5 N–H and O–H groups in total. The maximum Gasteiger partial charge on any atom is 0.333 e. The van der Waals surface area contributed by atoms with E-state index in [0.717, 1.165) is 0 Å². The number of fused-ring (bicyclic) bond motifs is 2. The Morgan fingerprint density at radius 3 is 2.69 bits per heavy atom. The molecule has 2 aromatic rings.